The third-order valence-electron chi connectivity index (χ3n) is 0.935. The van der Waals surface area contributed by atoms with Gasteiger partial charge in [-0.1, -0.05) is 0 Å². The van der Waals surface area contributed by atoms with E-state index in [-0.39, 0.29) is 6.61 Å². The van der Waals surface area contributed by atoms with E-state index < -0.39 is 17.5 Å². The summed E-state index contributed by atoms with van der Waals surface area (Å²) in [5.74, 6) is -0.570. The van der Waals surface area contributed by atoms with Crippen molar-refractivity contribution in [3.8, 4) is 0 Å². The van der Waals surface area contributed by atoms with Crippen LogP contribution < -0.4 is 0 Å². The van der Waals surface area contributed by atoms with Crippen LogP contribution in [0.1, 0.15) is 13.8 Å². The standard InChI is InChI=1S/C6H11ClO3/c1-3-10-6(9)5(7)4(2)8/h4-5,8H,3H2,1-2H3/t4-,5-/m1/s1. The average molecular weight is 167 g/mol. The van der Waals surface area contributed by atoms with Crippen LogP contribution in [0.15, 0.2) is 0 Å². The van der Waals surface area contributed by atoms with Gasteiger partial charge in [-0.2, -0.15) is 0 Å². The van der Waals surface area contributed by atoms with Gasteiger partial charge >= 0.3 is 5.97 Å². The van der Waals surface area contributed by atoms with Gasteiger partial charge in [-0.3, -0.25) is 4.79 Å². The minimum Gasteiger partial charge on any atom is -0.465 e. The van der Waals surface area contributed by atoms with Crippen LogP contribution in [0, 0.1) is 0 Å². The Labute approximate surface area is 64.9 Å². The molecule has 0 heterocycles. The minimum absolute atomic E-state index is 0.286. The number of esters is 1. The summed E-state index contributed by atoms with van der Waals surface area (Å²) < 4.78 is 4.53. The molecular weight excluding hydrogens is 156 g/mol. The lowest BCUT2D eigenvalue weighted by molar-refractivity contribution is -0.144. The summed E-state index contributed by atoms with van der Waals surface area (Å²) in [6.45, 7) is 3.41. The number of carbonyl (C=O) groups excluding carboxylic acids is 1. The van der Waals surface area contributed by atoms with E-state index in [9.17, 15) is 4.79 Å². The maximum atomic E-state index is 10.7. The van der Waals surface area contributed by atoms with E-state index in [2.05, 4.69) is 4.74 Å². The molecule has 1 N–H and O–H groups in total. The van der Waals surface area contributed by atoms with Crippen LogP contribution in [0.5, 0.6) is 0 Å². The van der Waals surface area contributed by atoms with Gasteiger partial charge in [-0.15, -0.1) is 11.6 Å². The molecule has 0 aromatic rings. The molecule has 0 aromatic carbocycles. The third-order valence-corrected chi connectivity index (χ3v) is 1.48. The van der Waals surface area contributed by atoms with Crippen molar-refractivity contribution in [1.29, 1.82) is 0 Å². The lowest BCUT2D eigenvalue weighted by atomic mass is 10.3. The molecule has 0 aromatic heterocycles. The highest BCUT2D eigenvalue weighted by Gasteiger charge is 2.21. The molecule has 0 aliphatic rings. The molecule has 0 aliphatic heterocycles. The summed E-state index contributed by atoms with van der Waals surface area (Å²) >= 11 is 5.42. The Hall–Kier alpha value is -0.280. The maximum Gasteiger partial charge on any atom is 0.326 e. The second-order valence-electron chi connectivity index (χ2n) is 1.89. The molecular formula is C6H11ClO3. The van der Waals surface area contributed by atoms with Crippen LogP contribution in [0.3, 0.4) is 0 Å². The fraction of sp³-hybridized carbons (Fsp3) is 0.833. The van der Waals surface area contributed by atoms with E-state index in [0.29, 0.717) is 0 Å². The summed E-state index contributed by atoms with van der Waals surface area (Å²) in [4.78, 5) is 10.7. The second kappa shape index (κ2) is 4.52. The molecule has 4 heteroatoms. The minimum atomic E-state index is -0.944. The zero-order chi connectivity index (χ0) is 8.15. The van der Waals surface area contributed by atoms with Crippen LogP contribution in [-0.2, 0) is 9.53 Å². The monoisotopic (exact) mass is 166 g/mol. The van der Waals surface area contributed by atoms with Gasteiger partial charge in [0.25, 0.3) is 0 Å². The fourth-order valence-corrected chi connectivity index (χ4v) is 0.482. The summed E-state index contributed by atoms with van der Waals surface area (Å²) in [5.41, 5.74) is 0. The van der Waals surface area contributed by atoms with Crippen molar-refractivity contribution in [3.63, 3.8) is 0 Å². The molecule has 0 saturated carbocycles. The van der Waals surface area contributed by atoms with E-state index >= 15 is 0 Å². The number of aliphatic hydroxyl groups excluding tert-OH is 1. The number of ether oxygens (including phenoxy) is 1. The lowest BCUT2D eigenvalue weighted by Gasteiger charge is -2.09. The van der Waals surface area contributed by atoms with E-state index in [0.717, 1.165) is 0 Å². The SMILES string of the molecule is CCOC(=O)[C@H](Cl)[C@@H](C)O. The van der Waals surface area contributed by atoms with Crippen LogP contribution in [0.4, 0.5) is 0 Å². The van der Waals surface area contributed by atoms with Gasteiger partial charge in [-0.05, 0) is 13.8 Å². The summed E-state index contributed by atoms with van der Waals surface area (Å²) in [6.07, 6.45) is -0.860. The number of aliphatic hydroxyl groups is 1. The average Bonchev–Trinajstić information content (AvgIpc) is 1.87. The van der Waals surface area contributed by atoms with Crippen LogP contribution in [0.25, 0.3) is 0 Å². The van der Waals surface area contributed by atoms with E-state index in [1.54, 1.807) is 6.92 Å². The number of rotatable bonds is 3. The Morgan fingerprint density at radius 2 is 2.30 bits per heavy atom. The molecule has 0 fully saturated rings. The first-order valence-corrected chi connectivity index (χ1v) is 3.52. The first-order chi connectivity index (χ1) is 4.59. The van der Waals surface area contributed by atoms with Gasteiger partial charge in [-0.25, -0.2) is 0 Å². The van der Waals surface area contributed by atoms with E-state index in [1.807, 2.05) is 0 Å². The molecule has 0 bridgehead atoms. The predicted octanol–water partition coefficient (Wildman–Crippen LogP) is 0.538. The van der Waals surface area contributed by atoms with E-state index in [4.69, 9.17) is 16.7 Å². The maximum absolute atomic E-state index is 10.7. The molecule has 0 radical (unpaired) electrons. The molecule has 0 amide bonds. The van der Waals surface area contributed by atoms with Gasteiger partial charge in [0.15, 0.2) is 5.38 Å². The topological polar surface area (TPSA) is 46.5 Å². The molecule has 10 heavy (non-hydrogen) atoms. The van der Waals surface area contributed by atoms with Gasteiger partial charge in [0.05, 0.1) is 12.7 Å². The Kier molecular flexibility index (Phi) is 4.40. The number of halogens is 1. The molecule has 3 nitrogen and oxygen atoms in total. The van der Waals surface area contributed by atoms with Crippen molar-refractivity contribution in [3.05, 3.63) is 0 Å². The van der Waals surface area contributed by atoms with Crippen molar-refractivity contribution in [2.24, 2.45) is 0 Å². The Morgan fingerprint density at radius 1 is 1.80 bits per heavy atom. The number of alkyl halides is 1. The largest absolute Gasteiger partial charge is 0.465 e. The summed E-state index contributed by atoms with van der Waals surface area (Å²) in [5, 5.41) is 7.84. The van der Waals surface area contributed by atoms with Crippen molar-refractivity contribution in [2.45, 2.75) is 25.3 Å². The van der Waals surface area contributed by atoms with Crippen molar-refractivity contribution >= 4 is 17.6 Å². The zero-order valence-electron chi connectivity index (χ0n) is 6.00. The van der Waals surface area contributed by atoms with Gasteiger partial charge < -0.3 is 9.84 Å². The van der Waals surface area contributed by atoms with Gasteiger partial charge in [0.2, 0.25) is 0 Å². The Balaban J connectivity index is 3.71. The predicted molar refractivity (Wildman–Crippen MR) is 38.0 cm³/mol. The van der Waals surface area contributed by atoms with Crippen molar-refractivity contribution in [2.75, 3.05) is 6.61 Å². The highest BCUT2D eigenvalue weighted by Crippen LogP contribution is 2.04. The van der Waals surface area contributed by atoms with Gasteiger partial charge in [0, 0.05) is 0 Å². The first kappa shape index (κ1) is 9.72. The highest BCUT2D eigenvalue weighted by molar-refractivity contribution is 6.30. The lowest BCUT2D eigenvalue weighted by Crippen LogP contribution is -2.28. The normalized spacial score (nSPS) is 16.0. The fourth-order valence-electron chi connectivity index (χ4n) is 0.419. The smallest absolute Gasteiger partial charge is 0.326 e. The second-order valence-corrected chi connectivity index (χ2v) is 2.36. The summed E-state index contributed by atoms with van der Waals surface area (Å²) in [7, 11) is 0. The molecule has 0 rings (SSSR count). The number of hydrogen-bond donors (Lipinski definition) is 1. The third kappa shape index (κ3) is 3.03. The molecule has 0 unspecified atom stereocenters. The molecule has 2 atom stereocenters. The quantitative estimate of drug-likeness (QED) is 0.492. The molecule has 0 aliphatic carbocycles. The first-order valence-electron chi connectivity index (χ1n) is 3.08. The molecule has 0 saturated heterocycles. The summed E-state index contributed by atoms with van der Waals surface area (Å²) in [6, 6.07) is 0. The number of carbonyl (C=O) groups is 1. The van der Waals surface area contributed by atoms with Crippen molar-refractivity contribution < 1.29 is 14.6 Å². The van der Waals surface area contributed by atoms with Crippen LogP contribution in [-0.4, -0.2) is 29.2 Å². The zero-order valence-corrected chi connectivity index (χ0v) is 6.76. The van der Waals surface area contributed by atoms with E-state index in [1.165, 1.54) is 6.92 Å². The van der Waals surface area contributed by atoms with Crippen LogP contribution >= 0.6 is 11.6 Å². The Morgan fingerprint density at radius 3 is 2.60 bits per heavy atom. The highest BCUT2D eigenvalue weighted by atomic mass is 35.5. The van der Waals surface area contributed by atoms with Crippen LogP contribution in [0.2, 0.25) is 0 Å². The number of hydrogen-bond acceptors (Lipinski definition) is 3. The Bertz CT molecular complexity index is 114. The van der Waals surface area contributed by atoms with Crippen molar-refractivity contribution in [1.82, 2.24) is 0 Å². The van der Waals surface area contributed by atoms with Gasteiger partial charge in [0.1, 0.15) is 0 Å². The molecule has 0 spiro atoms. The molecule has 60 valence electrons.